The number of amides is 4. The molecule has 0 saturated carbocycles. The molecule has 0 aromatic heterocycles. The number of hydrogen-bond donors (Lipinski definition) is 2. The van der Waals surface area contributed by atoms with Crippen LogP contribution in [0.1, 0.15) is 30.0 Å². The monoisotopic (exact) mass is 601 g/mol. The van der Waals surface area contributed by atoms with Gasteiger partial charge in [0.25, 0.3) is 0 Å². The topological polar surface area (TPSA) is 115 Å². The smallest absolute Gasteiger partial charge is 0.332 e. The van der Waals surface area contributed by atoms with Crippen molar-refractivity contribution in [1.29, 1.82) is 0 Å². The van der Waals surface area contributed by atoms with E-state index in [4.69, 9.17) is 9.47 Å². The largest absolute Gasteiger partial charge is 0.508 e. The summed E-state index contributed by atoms with van der Waals surface area (Å²) in [7, 11) is 3.13. The third-order valence-electron chi connectivity index (χ3n) is 8.02. The molecule has 2 aliphatic rings. The molecule has 4 amide bonds. The molecule has 2 fully saturated rings. The van der Waals surface area contributed by atoms with Crippen LogP contribution in [0.5, 0.6) is 17.2 Å². The van der Waals surface area contributed by atoms with Crippen LogP contribution in [0.15, 0.2) is 72.8 Å². The quantitative estimate of drug-likeness (QED) is 0.346. The van der Waals surface area contributed by atoms with Crippen LogP contribution in [-0.4, -0.2) is 88.8 Å². The zero-order chi connectivity index (χ0) is 31.2. The Labute approximate surface area is 257 Å². The van der Waals surface area contributed by atoms with Gasteiger partial charge in [-0.25, -0.2) is 4.79 Å². The summed E-state index contributed by atoms with van der Waals surface area (Å²) in [5.41, 5.74) is 2.62. The summed E-state index contributed by atoms with van der Waals surface area (Å²) >= 11 is 0. The van der Waals surface area contributed by atoms with Gasteiger partial charge in [0.15, 0.2) is 11.5 Å². The summed E-state index contributed by atoms with van der Waals surface area (Å²) < 4.78 is 10.9. The summed E-state index contributed by atoms with van der Waals surface area (Å²) in [4.78, 5) is 44.6. The van der Waals surface area contributed by atoms with E-state index in [0.29, 0.717) is 31.0 Å². The zero-order valence-electron chi connectivity index (χ0n) is 25.3. The molecule has 0 spiro atoms. The second-order valence-electron chi connectivity index (χ2n) is 10.9. The van der Waals surface area contributed by atoms with E-state index in [1.165, 1.54) is 0 Å². The molecule has 2 aliphatic heterocycles. The molecule has 2 atom stereocenters. The molecule has 11 heteroatoms. The number of urea groups is 1. The van der Waals surface area contributed by atoms with Crippen molar-refractivity contribution in [3.8, 4) is 17.2 Å². The lowest BCUT2D eigenvalue weighted by molar-refractivity contribution is -0.157. The van der Waals surface area contributed by atoms with Crippen LogP contribution in [0, 0.1) is 0 Å². The van der Waals surface area contributed by atoms with E-state index in [-0.39, 0.29) is 49.7 Å². The Morgan fingerprint density at radius 1 is 0.955 bits per heavy atom. The van der Waals surface area contributed by atoms with Gasteiger partial charge in [-0.1, -0.05) is 55.5 Å². The van der Waals surface area contributed by atoms with Gasteiger partial charge in [-0.05, 0) is 47.4 Å². The number of hydrogen-bond acceptors (Lipinski definition) is 7. The Balaban J connectivity index is 1.44. The number of ether oxygens (including phenoxy) is 2. The zero-order valence-corrected chi connectivity index (χ0v) is 25.3. The normalized spacial score (nSPS) is 18.2. The maximum Gasteiger partial charge on any atom is 0.332 e. The maximum absolute atomic E-state index is 14.1. The second kappa shape index (κ2) is 13.7. The Bertz CT molecular complexity index is 1470. The maximum atomic E-state index is 14.1. The number of methoxy groups -OCH3 is 2. The second-order valence-corrected chi connectivity index (χ2v) is 10.9. The van der Waals surface area contributed by atoms with Crippen molar-refractivity contribution in [1.82, 2.24) is 25.1 Å². The lowest BCUT2D eigenvalue weighted by atomic mass is 10.00. The van der Waals surface area contributed by atoms with Crippen LogP contribution in [-0.2, 0) is 29.1 Å². The van der Waals surface area contributed by atoms with Gasteiger partial charge < -0.3 is 29.7 Å². The van der Waals surface area contributed by atoms with E-state index in [0.717, 1.165) is 16.7 Å². The Hall–Kier alpha value is -4.77. The van der Waals surface area contributed by atoms with Gasteiger partial charge in [0, 0.05) is 26.1 Å². The van der Waals surface area contributed by atoms with Gasteiger partial charge in [0.2, 0.25) is 11.8 Å². The Morgan fingerprint density at radius 2 is 1.66 bits per heavy atom. The van der Waals surface area contributed by atoms with Gasteiger partial charge in [-0.2, -0.15) is 5.01 Å². The van der Waals surface area contributed by atoms with Crippen molar-refractivity contribution in [2.24, 2.45) is 0 Å². The highest BCUT2D eigenvalue weighted by Gasteiger charge is 2.52. The fourth-order valence-corrected chi connectivity index (χ4v) is 5.87. The average Bonchev–Trinajstić information content (AvgIpc) is 3.36. The van der Waals surface area contributed by atoms with Gasteiger partial charge in [0.05, 0.1) is 27.3 Å². The molecule has 2 heterocycles. The van der Waals surface area contributed by atoms with E-state index in [1.807, 2.05) is 49.4 Å². The van der Waals surface area contributed by atoms with Crippen LogP contribution in [0.2, 0.25) is 0 Å². The van der Waals surface area contributed by atoms with E-state index < -0.39 is 12.2 Å². The molecule has 3 aromatic rings. The highest BCUT2D eigenvalue weighted by molar-refractivity contribution is 5.91. The van der Waals surface area contributed by atoms with Crippen molar-refractivity contribution >= 4 is 17.8 Å². The first-order chi connectivity index (χ1) is 21.3. The number of aromatic hydroxyl groups is 1. The minimum absolute atomic E-state index is 0.0209. The van der Waals surface area contributed by atoms with Crippen molar-refractivity contribution in [3.63, 3.8) is 0 Å². The highest BCUT2D eigenvalue weighted by Crippen LogP contribution is 2.32. The van der Waals surface area contributed by atoms with Crippen LogP contribution >= 0.6 is 0 Å². The van der Waals surface area contributed by atoms with Crippen LogP contribution < -0.4 is 14.8 Å². The van der Waals surface area contributed by atoms with Gasteiger partial charge >= 0.3 is 6.03 Å². The van der Waals surface area contributed by atoms with E-state index in [1.54, 1.807) is 64.4 Å². The van der Waals surface area contributed by atoms with Crippen molar-refractivity contribution < 1.29 is 29.0 Å². The molecule has 2 N–H and O–H groups in total. The van der Waals surface area contributed by atoms with E-state index >= 15 is 0 Å². The van der Waals surface area contributed by atoms with Crippen molar-refractivity contribution in [2.45, 2.75) is 45.1 Å². The fourth-order valence-electron chi connectivity index (χ4n) is 5.87. The van der Waals surface area contributed by atoms with Crippen molar-refractivity contribution in [3.05, 3.63) is 89.5 Å². The molecule has 44 heavy (non-hydrogen) atoms. The summed E-state index contributed by atoms with van der Waals surface area (Å²) in [5, 5.41) is 16.2. The number of phenolic OH excluding ortho intramolecular Hbond substituents is 1. The lowest BCUT2D eigenvalue weighted by Gasteiger charge is -2.46. The van der Waals surface area contributed by atoms with Crippen LogP contribution in [0.25, 0.3) is 0 Å². The molecule has 5 rings (SSSR count). The summed E-state index contributed by atoms with van der Waals surface area (Å²) in [5.74, 6) is 0.863. The molecule has 0 aliphatic carbocycles. The molecular weight excluding hydrogens is 562 g/mol. The number of benzene rings is 3. The standard InChI is InChI=1S/C33H39N5O6/c1-4-16-36(33(42)34-19-24-8-6-5-7-9-24)37-22-31(40)38-27(17-23-10-13-26(39)14-11-23)32(41)35(21-30(37)38)20-25-12-15-28(43-2)29(18-25)44-3/h5-15,18,27,30,39H,4,16-17,19-22H2,1-3H3,(H,34,42)/t27-,30+/m0/s1. The Morgan fingerprint density at radius 3 is 2.34 bits per heavy atom. The Kier molecular flexibility index (Phi) is 9.54. The summed E-state index contributed by atoms with van der Waals surface area (Å²) in [6.45, 7) is 3.22. The molecule has 0 unspecified atom stereocenters. The third-order valence-corrected chi connectivity index (χ3v) is 8.02. The molecule has 3 aromatic carbocycles. The first kappa shape index (κ1) is 30.7. The number of nitrogens with one attached hydrogen (secondary N) is 1. The van der Waals surface area contributed by atoms with Crippen molar-refractivity contribution in [2.75, 3.05) is 33.9 Å². The number of phenols is 1. The summed E-state index contributed by atoms with van der Waals surface area (Å²) in [6, 6.07) is 20.7. The molecule has 232 valence electrons. The number of rotatable bonds is 11. The first-order valence-corrected chi connectivity index (χ1v) is 14.8. The first-order valence-electron chi connectivity index (χ1n) is 14.8. The predicted octanol–water partition coefficient (Wildman–Crippen LogP) is 3.37. The third kappa shape index (κ3) is 6.57. The van der Waals surface area contributed by atoms with Gasteiger partial charge in [-0.15, -0.1) is 0 Å². The average molecular weight is 602 g/mol. The number of carbonyl (C=O) groups is 3. The van der Waals surface area contributed by atoms with E-state index in [2.05, 4.69) is 5.32 Å². The molecule has 0 bridgehead atoms. The lowest BCUT2D eigenvalue weighted by Crippen LogP contribution is -2.66. The number of fused-ring (bicyclic) bond motifs is 1. The number of piperazine rings is 1. The highest BCUT2D eigenvalue weighted by atomic mass is 16.5. The number of carbonyl (C=O) groups excluding carboxylic acids is 3. The predicted molar refractivity (Wildman–Crippen MR) is 164 cm³/mol. The van der Waals surface area contributed by atoms with E-state index in [9.17, 15) is 19.5 Å². The minimum atomic E-state index is -0.785. The number of nitrogens with zero attached hydrogens (tertiary/aromatic N) is 4. The van der Waals surface area contributed by atoms with Crippen LogP contribution in [0.4, 0.5) is 4.79 Å². The molecule has 0 radical (unpaired) electrons. The molecule has 11 nitrogen and oxygen atoms in total. The minimum Gasteiger partial charge on any atom is -0.508 e. The molecular formula is C33H39N5O6. The van der Waals surface area contributed by atoms with Gasteiger partial charge in [0.1, 0.15) is 18.0 Å². The van der Waals surface area contributed by atoms with Crippen LogP contribution in [0.3, 0.4) is 0 Å². The SMILES string of the molecule is CCCN(C(=O)NCc1ccccc1)N1CC(=O)N2[C@@H](Cc3ccc(O)cc3)C(=O)N(Cc3ccc(OC)c(OC)c3)C[C@@H]21. The fraction of sp³-hybridized carbons (Fsp3) is 0.364. The summed E-state index contributed by atoms with van der Waals surface area (Å²) in [6.07, 6.45) is 0.406. The van der Waals surface area contributed by atoms with Gasteiger partial charge in [-0.3, -0.25) is 14.6 Å². The number of hydrazine groups is 1. The molecule has 2 saturated heterocycles.